The number of amides is 1. The zero-order chi connectivity index (χ0) is 22.6. The molecule has 3 aromatic rings. The van der Waals surface area contributed by atoms with Gasteiger partial charge in [0.2, 0.25) is 0 Å². The van der Waals surface area contributed by atoms with E-state index in [1.165, 1.54) is 11.1 Å². The molecule has 33 heavy (non-hydrogen) atoms. The quantitative estimate of drug-likeness (QED) is 0.534. The average Bonchev–Trinajstić information content (AvgIpc) is 3.33. The number of aryl methyl sites for hydroxylation is 1. The first-order valence-electron chi connectivity index (χ1n) is 12.0. The van der Waals surface area contributed by atoms with Gasteiger partial charge >= 0.3 is 0 Å². The van der Waals surface area contributed by atoms with Gasteiger partial charge in [0.05, 0.1) is 17.8 Å². The third-order valence-electron chi connectivity index (χ3n) is 7.00. The SMILES string of the molecule is O=C(NC1CCCc2cccnc21)c1ccc(C[C@@H]2CC[C@H]([C@H](O)c3ccccc3)N2)cc1. The molecule has 4 atom stereocenters. The highest BCUT2D eigenvalue weighted by molar-refractivity contribution is 5.94. The largest absolute Gasteiger partial charge is 0.387 e. The highest BCUT2D eigenvalue weighted by atomic mass is 16.3. The number of fused-ring (bicyclic) bond motifs is 1. The van der Waals surface area contributed by atoms with Crippen molar-refractivity contribution in [2.24, 2.45) is 0 Å². The van der Waals surface area contributed by atoms with Crippen LogP contribution in [0.3, 0.4) is 0 Å². The maximum Gasteiger partial charge on any atom is 0.251 e. The lowest BCUT2D eigenvalue weighted by Gasteiger charge is -2.25. The fourth-order valence-electron chi connectivity index (χ4n) is 5.21. The van der Waals surface area contributed by atoms with E-state index in [1.54, 1.807) is 6.20 Å². The lowest BCUT2D eigenvalue weighted by Crippen LogP contribution is -2.35. The van der Waals surface area contributed by atoms with Gasteiger partial charge in [-0.1, -0.05) is 48.5 Å². The number of rotatable bonds is 6. The number of carbonyl (C=O) groups excluding carboxylic acids is 1. The maximum atomic E-state index is 12.9. The van der Waals surface area contributed by atoms with E-state index in [0.717, 1.165) is 49.8 Å². The van der Waals surface area contributed by atoms with Gasteiger partial charge in [0.1, 0.15) is 0 Å². The number of nitrogens with one attached hydrogen (secondary N) is 2. The van der Waals surface area contributed by atoms with Gasteiger partial charge in [-0.05, 0) is 73.4 Å². The van der Waals surface area contributed by atoms with Crippen molar-refractivity contribution >= 4 is 5.91 Å². The highest BCUT2D eigenvalue weighted by Crippen LogP contribution is 2.29. The molecule has 2 aliphatic rings. The molecule has 1 amide bonds. The molecular weight excluding hydrogens is 410 g/mol. The summed E-state index contributed by atoms with van der Waals surface area (Å²) >= 11 is 0. The van der Waals surface area contributed by atoms with Gasteiger partial charge < -0.3 is 15.7 Å². The molecule has 170 valence electrons. The van der Waals surface area contributed by atoms with Crippen LogP contribution in [0, 0.1) is 0 Å². The minimum atomic E-state index is -0.485. The summed E-state index contributed by atoms with van der Waals surface area (Å²) in [6.07, 6.45) is 7.22. The summed E-state index contributed by atoms with van der Waals surface area (Å²) < 4.78 is 0. The lowest BCUT2D eigenvalue weighted by atomic mass is 9.91. The molecule has 0 saturated carbocycles. The van der Waals surface area contributed by atoms with E-state index in [0.29, 0.717) is 11.6 Å². The normalized spacial score (nSPS) is 23.0. The summed E-state index contributed by atoms with van der Waals surface area (Å²) in [7, 11) is 0. The molecule has 3 N–H and O–H groups in total. The summed E-state index contributed by atoms with van der Waals surface area (Å²) in [4.78, 5) is 17.4. The molecule has 1 unspecified atom stereocenters. The van der Waals surface area contributed by atoms with Crippen molar-refractivity contribution < 1.29 is 9.90 Å². The number of hydrogen-bond donors (Lipinski definition) is 3. The van der Waals surface area contributed by atoms with Gasteiger partial charge in [0.25, 0.3) is 5.91 Å². The molecule has 0 spiro atoms. The van der Waals surface area contributed by atoms with Crippen LogP contribution in [-0.2, 0) is 12.8 Å². The van der Waals surface area contributed by atoms with Crippen molar-refractivity contribution in [3.63, 3.8) is 0 Å². The maximum absolute atomic E-state index is 12.9. The van der Waals surface area contributed by atoms with E-state index in [4.69, 9.17) is 0 Å². The summed E-state index contributed by atoms with van der Waals surface area (Å²) in [5, 5.41) is 17.5. The molecule has 5 nitrogen and oxygen atoms in total. The van der Waals surface area contributed by atoms with Gasteiger partial charge in [-0.25, -0.2) is 0 Å². The second-order valence-corrected chi connectivity index (χ2v) is 9.27. The first kappa shape index (κ1) is 21.8. The van der Waals surface area contributed by atoms with Crippen LogP contribution in [0.15, 0.2) is 72.9 Å². The van der Waals surface area contributed by atoms with Crippen molar-refractivity contribution in [1.82, 2.24) is 15.6 Å². The third kappa shape index (κ3) is 5.00. The number of pyridine rings is 1. The van der Waals surface area contributed by atoms with Crippen LogP contribution in [0.4, 0.5) is 0 Å². The van der Waals surface area contributed by atoms with Gasteiger partial charge in [-0.15, -0.1) is 0 Å². The van der Waals surface area contributed by atoms with E-state index in [9.17, 15) is 9.90 Å². The van der Waals surface area contributed by atoms with Crippen LogP contribution in [0.1, 0.15) is 70.6 Å². The van der Waals surface area contributed by atoms with Gasteiger partial charge in [-0.2, -0.15) is 0 Å². The molecule has 1 aliphatic carbocycles. The minimum absolute atomic E-state index is 0.0159. The molecular formula is C28H31N3O2. The highest BCUT2D eigenvalue weighted by Gasteiger charge is 2.30. The molecule has 2 aromatic carbocycles. The summed E-state index contributed by atoms with van der Waals surface area (Å²) in [6, 6.07) is 22.2. The summed E-state index contributed by atoms with van der Waals surface area (Å²) in [5.74, 6) is -0.0462. The van der Waals surface area contributed by atoms with E-state index >= 15 is 0 Å². The molecule has 5 rings (SSSR count). The number of aromatic nitrogens is 1. The topological polar surface area (TPSA) is 74.2 Å². The van der Waals surface area contributed by atoms with Gasteiger partial charge in [-0.3, -0.25) is 9.78 Å². The first-order chi connectivity index (χ1) is 16.2. The lowest BCUT2D eigenvalue weighted by molar-refractivity contribution is 0.0931. The standard InChI is InChI=1S/C28H31N3O2/c32-27(21-6-2-1-3-7-21)25-16-15-23(30-25)18-19-11-13-22(14-12-19)28(33)31-24-10-4-8-20-9-5-17-29-26(20)24/h1-3,5-7,9,11-14,17,23-25,27,30,32H,4,8,10,15-16,18H2,(H,31,33)/t23-,24?,25+,27+/m0/s1. The molecule has 1 aromatic heterocycles. The molecule has 1 fully saturated rings. The minimum Gasteiger partial charge on any atom is -0.387 e. The number of hydrogen-bond acceptors (Lipinski definition) is 4. The average molecular weight is 442 g/mol. The smallest absolute Gasteiger partial charge is 0.251 e. The Morgan fingerprint density at radius 1 is 1.03 bits per heavy atom. The summed E-state index contributed by atoms with van der Waals surface area (Å²) in [5.41, 5.74) is 5.08. The number of aliphatic hydroxyl groups is 1. The number of nitrogens with zero attached hydrogens (tertiary/aromatic N) is 1. The number of aliphatic hydroxyl groups excluding tert-OH is 1. The Labute approximate surface area is 195 Å². The fourth-order valence-corrected chi connectivity index (χ4v) is 5.21. The zero-order valence-corrected chi connectivity index (χ0v) is 18.8. The van der Waals surface area contributed by atoms with E-state index in [1.807, 2.05) is 60.7 Å². The Morgan fingerprint density at radius 2 is 1.85 bits per heavy atom. The van der Waals surface area contributed by atoms with Crippen LogP contribution < -0.4 is 10.6 Å². The first-order valence-corrected chi connectivity index (χ1v) is 12.0. The molecule has 0 bridgehead atoms. The third-order valence-corrected chi connectivity index (χ3v) is 7.00. The summed E-state index contributed by atoms with van der Waals surface area (Å²) in [6.45, 7) is 0. The van der Waals surface area contributed by atoms with Crippen molar-refractivity contribution in [3.8, 4) is 0 Å². The van der Waals surface area contributed by atoms with Crippen LogP contribution in [0.5, 0.6) is 0 Å². The van der Waals surface area contributed by atoms with Crippen molar-refractivity contribution in [2.75, 3.05) is 0 Å². The second kappa shape index (κ2) is 9.86. The van der Waals surface area contributed by atoms with Crippen molar-refractivity contribution in [3.05, 3.63) is 101 Å². The molecule has 1 aliphatic heterocycles. The Morgan fingerprint density at radius 3 is 2.67 bits per heavy atom. The van der Waals surface area contributed by atoms with Crippen LogP contribution in [0.25, 0.3) is 0 Å². The van der Waals surface area contributed by atoms with Crippen LogP contribution in [0.2, 0.25) is 0 Å². The van der Waals surface area contributed by atoms with E-state index in [-0.39, 0.29) is 18.0 Å². The molecule has 2 heterocycles. The molecule has 0 radical (unpaired) electrons. The second-order valence-electron chi connectivity index (χ2n) is 9.27. The predicted octanol–water partition coefficient (Wildman–Crippen LogP) is 4.29. The Bertz CT molecular complexity index is 1080. The molecule has 5 heteroatoms. The number of carbonyl (C=O) groups is 1. The van der Waals surface area contributed by atoms with Crippen LogP contribution in [-0.4, -0.2) is 28.1 Å². The predicted molar refractivity (Wildman–Crippen MR) is 129 cm³/mol. The van der Waals surface area contributed by atoms with Crippen molar-refractivity contribution in [2.45, 2.75) is 62.8 Å². The molecule has 1 saturated heterocycles. The zero-order valence-electron chi connectivity index (χ0n) is 18.8. The Hall–Kier alpha value is -3.02. The van der Waals surface area contributed by atoms with Gasteiger partial charge in [0.15, 0.2) is 0 Å². The fraction of sp³-hybridized carbons (Fsp3) is 0.357. The Balaban J connectivity index is 1.16. The van der Waals surface area contributed by atoms with Crippen LogP contribution >= 0.6 is 0 Å². The monoisotopic (exact) mass is 441 g/mol. The van der Waals surface area contributed by atoms with Gasteiger partial charge in [0, 0.05) is 23.8 Å². The van der Waals surface area contributed by atoms with E-state index in [2.05, 4.69) is 21.7 Å². The Kier molecular flexibility index (Phi) is 6.51. The van der Waals surface area contributed by atoms with Crippen molar-refractivity contribution in [1.29, 1.82) is 0 Å². The van der Waals surface area contributed by atoms with E-state index < -0.39 is 6.10 Å². The number of benzene rings is 2.